The SMILES string of the molecule is COc1c(C)cnc(CC(O)c2cc(F)ccc2F)c1C. The molecule has 1 unspecified atom stereocenters. The van der Waals surface area contributed by atoms with Gasteiger partial charge >= 0.3 is 0 Å². The van der Waals surface area contributed by atoms with E-state index in [1.54, 1.807) is 13.3 Å². The van der Waals surface area contributed by atoms with Crippen molar-refractivity contribution in [3.05, 3.63) is 58.4 Å². The number of rotatable bonds is 4. The van der Waals surface area contributed by atoms with Gasteiger partial charge in [0.25, 0.3) is 0 Å². The van der Waals surface area contributed by atoms with Crippen LogP contribution >= 0.6 is 0 Å². The summed E-state index contributed by atoms with van der Waals surface area (Å²) in [6, 6.07) is 3.02. The topological polar surface area (TPSA) is 42.4 Å². The van der Waals surface area contributed by atoms with Crippen molar-refractivity contribution in [2.24, 2.45) is 0 Å². The molecule has 0 spiro atoms. The summed E-state index contributed by atoms with van der Waals surface area (Å²) in [4.78, 5) is 4.25. The Kier molecular flexibility index (Phi) is 4.53. The third-order valence-corrected chi connectivity index (χ3v) is 3.45. The molecule has 0 aliphatic rings. The van der Waals surface area contributed by atoms with Gasteiger partial charge in [-0.1, -0.05) is 0 Å². The number of nitrogens with zero attached hydrogens (tertiary/aromatic N) is 1. The Labute approximate surface area is 122 Å². The fraction of sp³-hybridized carbons (Fsp3) is 0.312. The number of aliphatic hydroxyl groups excluding tert-OH is 1. The first-order valence-corrected chi connectivity index (χ1v) is 6.56. The highest BCUT2D eigenvalue weighted by Crippen LogP contribution is 2.28. The van der Waals surface area contributed by atoms with Crippen molar-refractivity contribution < 1.29 is 18.6 Å². The first-order valence-electron chi connectivity index (χ1n) is 6.56. The van der Waals surface area contributed by atoms with E-state index in [0.717, 1.165) is 29.3 Å². The van der Waals surface area contributed by atoms with Gasteiger partial charge in [-0.3, -0.25) is 4.98 Å². The van der Waals surface area contributed by atoms with E-state index >= 15 is 0 Å². The third-order valence-electron chi connectivity index (χ3n) is 3.45. The minimum Gasteiger partial charge on any atom is -0.496 e. The van der Waals surface area contributed by atoms with Crippen LogP contribution in [0.15, 0.2) is 24.4 Å². The molecule has 3 nitrogen and oxygen atoms in total. The molecule has 0 aliphatic carbocycles. The molecular weight excluding hydrogens is 276 g/mol. The smallest absolute Gasteiger partial charge is 0.129 e. The van der Waals surface area contributed by atoms with E-state index in [1.165, 1.54) is 0 Å². The molecule has 1 aromatic heterocycles. The molecule has 0 amide bonds. The Hall–Kier alpha value is -2.01. The quantitative estimate of drug-likeness (QED) is 0.941. The molecule has 2 rings (SSSR count). The number of methoxy groups -OCH3 is 1. The van der Waals surface area contributed by atoms with E-state index in [2.05, 4.69) is 4.98 Å². The van der Waals surface area contributed by atoms with Crippen LogP contribution in [0.25, 0.3) is 0 Å². The summed E-state index contributed by atoms with van der Waals surface area (Å²) in [5.41, 5.74) is 2.18. The maximum absolute atomic E-state index is 13.7. The van der Waals surface area contributed by atoms with E-state index in [9.17, 15) is 13.9 Å². The highest BCUT2D eigenvalue weighted by molar-refractivity contribution is 5.41. The molecule has 112 valence electrons. The first-order chi connectivity index (χ1) is 9.93. The normalized spacial score (nSPS) is 12.3. The lowest BCUT2D eigenvalue weighted by Gasteiger charge is -2.16. The Balaban J connectivity index is 2.32. The van der Waals surface area contributed by atoms with Gasteiger partial charge in [0.05, 0.1) is 13.2 Å². The number of hydrogen-bond donors (Lipinski definition) is 1. The van der Waals surface area contributed by atoms with Crippen LogP contribution in [-0.4, -0.2) is 17.2 Å². The number of ether oxygens (including phenoxy) is 1. The van der Waals surface area contributed by atoms with Crippen LogP contribution in [0.2, 0.25) is 0 Å². The lowest BCUT2D eigenvalue weighted by atomic mass is 10.0. The molecule has 1 atom stereocenters. The molecule has 0 radical (unpaired) electrons. The second kappa shape index (κ2) is 6.18. The van der Waals surface area contributed by atoms with Crippen molar-refractivity contribution in [3.63, 3.8) is 0 Å². The van der Waals surface area contributed by atoms with Gasteiger partial charge in [0, 0.05) is 35.0 Å². The summed E-state index contributed by atoms with van der Waals surface area (Å²) in [6.45, 7) is 3.69. The average molecular weight is 293 g/mol. The van der Waals surface area contributed by atoms with Crippen LogP contribution in [0.1, 0.15) is 28.5 Å². The molecule has 0 fully saturated rings. The highest BCUT2D eigenvalue weighted by atomic mass is 19.1. The van der Waals surface area contributed by atoms with Crippen molar-refractivity contribution in [2.45, 2.75) is 26.4 Å². The summed E-state index contributed by atoms with van der Waals surface area (Å²) in [6.07, 6.45) is 0.554. The van der Waals surface area contributed by atoms with E-state index < -0.39 is 17.7 Å². The molecule has 2 aromatic rings. The van der Waals surface area contributed by atoms with Crippen LogP contribution < -0.4 is 4.74 Å². The van der Waals surface area contributed by atoms with E-state index in [0.29, 0.717) is 11.4 Å². The molecule has 0 bridgehead atoms. The molecule has 21 heavy (non-hydrogen) atoms. The standard InChI is InChI=1S/C16H17F2NO2/c1-9-8-19-14(10(2)16(9)21-3)7-15(20)12-6-11(17)4-5-13(12)18/h4-6,8,15,20H,7H2,1-3H3. The Bertz CT molecular complexity index is 659. The van der Waals surface area contributed by atoms with Crippen molar-refractivity contribution in [1.82, 2.24) is 4.98 Å². The van der Waals surface area contributed by atoms with Crippen LogP contribution in [0, 0.1) is 25.5 Å². The van der Waals surface area contributed by atoms with Crippen LogP contribution in [0.4, 0.5) is 8.78 Å². The van der Waals surface area contributed by atoms with Crippen molar-refractivity contribution >= 4 is 0 Å². The number of benzene rings is 1. The Morgan fingerprint density at radius 1 is 1.29 bits per heavy atom. The molecule has 5 heteroatoms. The monoisotopic (exact) mass is 293 g/mol. The number of hydrogen-bond acceptors (Lipinski definition) is 3. The number of pyridine rings is 1. The molecule has 1 heterocycles. The molecule has 0 saturated carbocycles. The predicted molar refractivity (Wildman–Crippen MR) is 75.3 cm³/mol. The first kappa shape index (κ1) is 15.4. The minimum atomic E-state index is -1.17. The van der Waals surface area contributed by atoms with Crippen LogP contribution in [-0.2, 0) is 6.42 Å². The lowest BCUT2D eigenvalue weighted by Crippen LogP contribution is -2.08. The fourth-order valence-corrected chi connectivity index (χ4v) is 2.34. The van der Waals surface area contributed by atoms with Gasteiger partial charge in [-0.15, -0.1) is 0 Å². The summed E-state index contributed by atoms with van der Waals surface area (Å²) in [5.74, 6) is -0.538. The van der Waals surface area contributed by atoms with Gasteiger partial charge in [-0.05, 0) is 32.0 Å². The van der Waals surface area contributed by atoms with Gasteiger partial charge in [0.15, 0.2) is 0 Å². The van der Waals surface area contributed by atoms with E-state index in [1.807, 2.05) is 13.8 Å². The van der Waals surface area contributed by atoms with Crippen LogP contribution in [0.3, 0.4) is 0 Å². The van der Waals surface area contributed by atoms with Crippen molar-refractivity contribution in [3.8, 4) is 5.75 Å². The molecular formula is C16H17F2NO2. The second-order valence-electron chi connectivity index (χ2n) is 4.93. The lowest BCUT2D eigenvalue weighted by molar-refractivity contribution is 0.171. The van der Waals surface area contributed by atoms with Gasteiger partial charge in [0.1, 0.15) is 17.4 Å². The number of aryl methyl sites for hydroxylation is 1. The van der Waals surface area contributed by atoms with Gasteiger partial charge in [0.2, 0.25) is 0 Å². The highest BCUT2D eigenvalue weighted by Gasteiger charge is 2.18. The summed E-state index contributed by atoms with van der Waals surface area (Å²) in [5, 5.41) is 10.1. The van der Waals surface area contributed by atoms with Gasteiger partial charge in [-0.2, -0.15) is 0 Å². The molecule has 1 N–H and O–H groups in total. The predicted octanol–water partition coefficient (Wildman–Crippen LogP) is 3.26. The summed E-state index contributed by atoms with van der Waals surface area (Å²) >= 11 is 0. The third kappa shape index (κ3) is 3.19. The fourth-order valence-electron chi connectivity index (χ4n) is 2.34. The van der Waals surface area contributed by atoms with Gasteiger partial charge in [-0.25, -0.2) is 8.78 Å². The van der Waals surface area contributed by atoms with Crippen molar-refractivity contribution in [1.29, 1.82) is 0 Å². The molecule has 1 aromatic carbocycles. The Morgan fingerprint density at radius 2 is 2.00 bits per heavy atom. The maximum Gasteiger partial charge on any atom is 0.129 e. The largest absolute Gasteiger partial charge is 0.496 e. The van der Waals surface area contributed by atoms with E-state index in [4.69, 9.17) is 4.74 Å². The van der Waals surface area contributed by atoms with E-state index in [-0.39, 0.29) is 12.0 Å². The zero-order valence-corrected chi connectivity index (χ0v) is 12.2. The van der Waals surface area contributed by atoms with Gasteiger partial charge < -0.3 is 9.84 Å². The Morgan fingerprint density at radius 3 is 2.67 bits per heavy atom. The number of halogens is 2. The molecule has 0 aliphatic heterocycles. The minimum absolute atomic E-state index is 0.0734. The van der Waals surface area contributed by atoms with Crippen LogP contribution in [0.5, 0.6) is 5.75 Å². The number of aliphatic hydroxyl groups is 1. The average Bonchev–Trinajstić information content (AvgIpc) is 2.45. The maximum atomic E-state index is 13.7. The van der Waals surface area contributed by atoms with Crippen molar-refractivity contribution in [2.75, 3.05) is 7.11 Å². The second-order valence-corrected chi connectivity index (χ2v) is 4.93. The summed E-state index contributed by atoms with van der Waals surface area (Å²) in [7, 11) is 1.56. The summed E-state index contributed by atoms with van der Waals surface area (Å²) < 4.78 is 32.1. The zero-order valence-electron chi connectivity index (χ0n) is 12.2. The number of aromatic nitrogens is 1. The zero-order chi connectivity index (χ0) is 15.6. The molecule has 0 saturated heterocycles.